The fourth-order valence-electron chi connectivity index (χ4n) is 2.05. The van der Waals surface area contributed by atoms with Gasteiger partial charge in [-0.05, 0) is 17.7 Å². The predicted molar refractivity (Wildman–Crippen MR) is 82.5 cm³/mol. The van der Waals surface area contributed by atoms with Gasteiger partial charge >= 0.3 is 18.1 Å². The number of rotatable bonds is 5. The summed E-state index contributed by atoms with van der Waals surface area (Å²) < 4.78 is 46.7. The topological polar surface area (TPSA) is 93.2 Å². The zero-order valence-electron chi connectivity index (χ0n) is 13.2. The number of nitrogens with zero attached hydrogens (tertiary/aromatic N) is 2. The van der Waals surface area contributed by atoms with E-state index in [-0.39, 0.29) is 24.9 Å². The molecular weight excluding hydrogens is 353 g/mol. The molecule has 0 aliphatic rings. The Kier molecular flexibility index (Phi) is 4.92. The first-order valence-electron chi connectivity index (χ1n) is 7.46. The monoisotopic (exact) mass is 366 g/mol. The summed E-state index contributed by atoms with van der Waals surface area (Å²) in [5, 5.41) is 8.59. The molecule has 0 saturated carbocycles. The number of carbonyl (C=O) groups excluding carboxylic acids is 1. The van der Waals surface area contributed by atoms with Gasteiger partial charge in [0.2, 0.25) is 5.82 Å². The number of urea groups is 1. The molecule has 3 rings (SSSR count). The molecule has 2 amide bonds. The van der Waals surface area contributed by atoms with Gasteiger partial charge in [0.15, 0.2) is 0 Å². The van der Waals surface area contributed by atoms with Gasteiger partial charge in [-0.1, -0.05) is 29.4 Å². The summed E-state index contributed by atoms with van der Waals surface area (Å²) in [5.41, 5.74) is 1.12. The van der Waals surface area contributed by atoms with Crippen LogP contribution in [0.1, 0.15) is 17.2 Å². The van der Waals surface area contributed by atoms with Crippen molar-refractivity contribution in [1.29, 1.82) is 0 Å². The number of amides is 2. The summed E-state index contributed by atoms with van der Waals surface area (Å²) in [7, 11) is 0. The highest BCUT2D eigenvalue weighted by molar-refractivity contribution is 5.73. The minimum absolute atomic E-state index is 0.159. The fraction of sp³-hybridized carbons (Fsp3) is 0.188. The highest BCUT2D eigenvalue weighted by atomic mass is 19.4. The molecule has 0 bridgehead atoms. The number of furan rings is 1. The van der Waals surface area contributed by atoms with Crippen LogP contribution in [0.4, 0.5) is 18.0 Å². The summed E-state index contributed by atoms with van der Waals surface area (Å²) >= 11 is 0. The standard InChI is InChI=1S/C16H13F3N4O3/c17-16(18,19)14-22-13(23-26-14)11-5-3-10(4-6-11)8-20-15(24)21-9-12-2-1-7-25-12/h1-7H,8-9H2,(H2,20,21,24). The van der Waals surface area contributed by atoms with Crippen molar-refractivity contribution in [3.05, 3.63) is 59.9 Å². The van der Waals surface area contributed by atoms with E-state index in [0.29, 0.717) is 11.3 Å². The molecular formula is C16H13F3N4O3. The van der Waals surface area contributed by atoms with E-state index in [0.717, 1.165) is 5.56 Å². The van der Waals surface area contributed by atoms with Crippen LogP contribution in [0.2, 0.25) is 0 Å². The predicted octanol–water partition coefficient (Wildman–Crippen LogP) is 3.35. The van der Waals surface area contributed by atoms with Crippen LogP contribution < -0.4 is 10.6 Å². The number of aromatic nitrogens is 2. The van der Waals surface area contributed by atoms with Gasteiger partial charge in [0.25, 0.3) is 0 Å². The van der Waals surface area contributed by atoms with Crippen LogP contribution in [0, 0.1) is 0 Å². The highest BCUT2D eigenvalue weighted by Gasteiger charge is 2.38. The number of carbonyl (C=O) groups is 1. The number of alkyl halides is 3. The van der Waals surface area contributed by atoms with Crippen molar-refractivity contribution in [2.45, 2.75) is 19.3 Å². The van der Waals surface area contributed by atoms with Crippen molar-refractivity contribution in [3.8, 4) is 11.4 Å². The van der Waals surface area contributed by atoms with E-state index in [1.807, 2.05) is 0 Å². The van der Waals surface area contributed by atoms with Gasteiger partial charge in [0.1, 0.15) is 5.76 Å². The first kappa shape index (κ1) is 17.5. The van der Waals surface area contributed by atoms with E-state index in [1.165, 1.54) is 6.26 Å². The molecule has 7 nitrogen and oxygen atoms in total. The molecule has 0 aliphatic heterocycles. The van der Waals surface area contributed by atoms with Crippen molar-refractivity contribution in [2.24, 2.45) is 0 Å². The van der Waals surface area contributed by atoms with Crippen LogP contribution in [-0.4, -0.2) is 16.2 Å². The molecule has 10 heteroatoms. The number of nitrogens with one attached hydrogen (secondary N) is 2. The normalized spacial score (nSPS) is 11.3. The van der Waals surface area contributed by atoms with Crippen LogP contribution in [-0.2, 0) is 19.3 Å². The Balaban J connectivity index is 1.53. The van der Waals surface area contributed by atoms with Crippen molar-refractivity contribution in [3.63, 3.8) is 0 Å². The summed E-state index contributed by atoms with van der Waals surface area (Å²) in [6.45, 7) is 0.501. The van der Waals surface area contributed by atoms with Crippen LogP contribution in [0.25, 0.3) is 11.4 Å². The lowest BCUT2D eigenvalue weighted by atomic mass is 10.1. The second-order valence-electron chi connectivity index (χ2n) is 5.23. The molecule has 0 saturated heterocycles. The van der Waals surface area contributed by atoms with Gasteiger partial charge in [0, 0.05) is 12.1 Å². The van der Waals surface area contributed by atoms with Gasteiger partial charge in [-0.15, -0.1) is 0 Å². The van der Waals surface area contributed by atoms with Gasteiger partial charge in [-0.2, -0.15) is 18.2 Å². The van der Waals surface area contributed by atoms with Gasteiger partial charge in [-0.3, -0.25) is 0 Å². The minimum atomic E-state index is -4.68. The Morgan fingerprint density at radius 1 is 1.08 bits per heavy atom. The molecule has 0 aliphatic carbocycles. The van der Waals surface area contributed by atoms with E-state index in [4.69, 9.17) is 4.42 Å². The Bertz CT molecular complexity index is 858. The van der Waals surface area contributed by atoms with Gasteiger partial charge < -0.3 is 19.6 Å². The summed E-state index contributed by atoms with van der Waals surface area (Å²) in [5.74, 6) is -0.928. The number of benzene rings is 1. The second-order valence-corrected chi connectivity index (χ2v) is 5.23. The summed E-state index contributed by atoms with van der Waals surface area (Å²) in [6, 6.07) is 9.46. The van der Waals surface area contributed by atoms with Crippen molar-refractivity contribution in [2.75, 3.05) is 0 Å². The quantitative estimate of drug-likeness (QED) is 0.722. The van der Waals surface area contributed by atoms with E-state index >= 15 is 0 Å². The average Bonchev–Trinajstić information content (AvgIpc) is 3.29. The van der Waals surface area contributed by atoms with Crippen LogP contribution in [0.3, 0.4) is 0 Å². The number of halogens is 3. The summed E-state index contributed by atoms with van der Waals surface area (Å²) in [4.78, 5) is 15.0. The molecule has 0 atom stereocenters. The SMILES string of the molecule is O=C(NCc1ccc(-c2noc(C(F)(F)F)n2)cc1)NCc1ccco1. The first-order chi connectivity index (χ1) is 12.4. The molecule has 2 heterocycles. The molecule has 136 valence electrons. The molecule has 26 heavy (non-hydrogen) atoms. The Morgan fingerprint density at radius 2 is 1.81 bits per heavy atom. The molecule has 3 aromatic rings. The maximum Gasteiger partial charge on any atom is 0.471 e. The van der Waals surface area contributed by atoms with E-state index in [9.17, 15) is 18.0 Å². The lowest BCUT2D eigenvalue weighted by Crippen LogP contribution is -2.34. The van der Waals surface area contributed by atoms with Crippen LogP contribution in [0.5, 0.6) is 0 Å². The van der Waals surface area contributed by atoms with E-state index < -0.39 is 12.1 Å². The third-order valence-corrected chi connectivity index (χ3v) is 3.34. The third kappa shape index (κ3) is 4.41. The highest BCUT2D eigenvalue weighted by Crippen LogP contribution is 2.29. The molecule has 1 aromatic carbocycles. The van der Waals surface area contributed by atoms with Crippen molar-refractivity contribution < 1.29 is 26.9 Å². The maximum atomic E-state index is 12.5. The van der Waals surface area contributed by atoms with Crippen LogP contribution in [0.15, 0.2) is 51.6 Å². The Hall–Kier alpha value is -3.30. The minimum Gasteiger partial charge on any atom is -0.467 e. The second kappa shape index (κ2) is 7.30. The van der Waals surface area contributed by atoms with E-state index in [2.05, 4.69) is 25.3 Å². The molecule has 0 fully saturated rings. The van der Waals surface area contributed by atoms with Crippen LogP contribution >= 0.6 is 0 Å². The lowest BCUT2D eigenvalue weighted by molar-refractivity contribution is -0.159. The lowest BCUT2D eigenvalue weighted by Gasteiger charge is -2.07. The first-order valence-corrected chi connectivity index (χ1v) is 7.46. The average molecular weight is 366 g/mol. The van der Waals surface area contributed by atoms with Gasteiger partial charge in [-0.25, -0.2) is 4.79 Å². The molecule has 0 radical (unpaired) electrons. The zero-order chi connectivity index (χ0) is 18.6. The molecule has 2 aromatic heterocycles. The molecule has 0 spiro atoms. The third-order valence-electron chi connectivity index (χ3n) is 3.34. The van der Waals surface area contributed by atoms with E-state index in [1.54, 1.807) is 36.4 Å². The zero-order valence-corrected chi connectivity index (χ0v) is 13.2. The van der Waals surface area contributed by atoms with Gasteiger partial charge in [0.05, 0.1) is 12.8 Å². The van der Waals surface area contributed by atoms with Crippen molar-refractivity contribution >= 4 is 6.03 Å². The van der Waals surface area contributed by atoms with Crippen molar-refractivity contribution in [1.82, 2.24) is 20.8 Å². The number of hydrogen-bond donors (Lipinski definition) is 2. The number of hydrogen-bond acceptors (Lipinski definition) is 5. The molecule has 2 N–H and O–H groups in total. The largest absolute Gasteiger partial charge is 0.471 e. The smallest absolute Gasteiger partial charge is 0.467 e. The summed E-state index contributed by atoms with van der Waals surface area (Å²) in [6.07, 6.45) is -3.17. The Labute approximate surface area is 145 Å². The maximum absolute atomic E-state index is 12.5. The molecule has 0 unspecified atom stereocenters. The Morgan fingerprint density at radius 3 is 2.42 bits per heavy atom. The fourth-order valence-corrected chi connectivity index (χ4v) is 2.05.